The first-order valence-electron chi connectivity index (χ1n) is 8.07. The summed E-state index contributed by atoms with van der Waals surface area (Å²) >= 11 is 0. The maximum Gasteiger partial charge on any atom is 0.0701 e. The van der Waals surface area contributed by atoms with Crippen LogP contribution in [0.3, 0.4) is 0 Å². The van der Waals surface area contributed by atoms with Crippen molar-refractivity contribution in [3.8, 4) is 0 Å². The van der Waals surface area contributed by atoms with Gasteiger partial charge in [-0.15, -0.1) is 0 Å². The summed E-state index contributed by atoms with van der Waals surface area (Å²) in [5.74, 6) is 1.46. The van der Waals surface area contributed by atoms with Crippen molar-refractivity contribution >= 4 is 0 Å². The molecule has 0 aromatic carbocycles. The highest BCUT2D eigenvalue weighted by Gasteiger charge is 1.95. The molecular formula is C16H35NO3. The first-order valence-corrected chi connectivity index (χ1v) is 8.07. The first-order chi connectivity index (χ1) is 9.63. The van der Waals surface area contributed by atoms with Gasteiger partial charge < -0.3 is 19.5 Å². The summed E-state index contributed by atoms with van der Waals surface area (Å²) in [6.07, 6.45) is 2.38. The standard InChI is InChI=1S/C16H35NO3/c1-15(2)6-5-8-18-10-12-20-13-11-19-9-7-17-14-16(3)4/h15-17H,5-14H2,1-4H3. The second-order valence-electron chi connectivity index (χ2n) is 5.97. The van der Waals surface area contributed by atoms with Crippen LogP contribution < -0.4 is 5.32 Å². The highest BCUT2D eigenvalue weighted by atomic mass is 16.5. The first kappa shape index (κ1) is 19.8. The lowest BCUT2D eigenvalue weighted by molar-refractivity contribution is 0.0141. The average Bonchev–Trinajstić information content (AvgIpc) is 2.38. The minimum absolute atomic E-state index is 0.652. The molecule has 0 spiro atoms. The third kappa shape index (κ3) is 17.8. The highest BCUT2D eigenvalue weighted by molar-refractivity contribution is 4.50. The molecule has 0 amide bonds. The van der Waals surface area contributed by atoms with Crippen molar-refractivity contribution < 1.29 is 14.2 Å². The Hall–Kier alpha value is -0.160. The van der Waals surface area contributed by atoms with Crippen molar-refractivity contribution in [1.29, 1.82) is 0 Å². The van der Waals surface area contributed by atoms with Crippen LogP contribution in [0.15, 0.2) is 0 Å². The van der Waals surface area contributed by atoms with Gasteiger partial charge in [0.2, 0.25) is 0 Å². The van der Waals surface area contributed by atoms with E-state index in [1.165, 1.54) is 6.42 Å². The third-order valence-electron chi connectivity index (χ3n) is 2.79. The van der Waals surface area contributed by atoms with Crippen LogP contribution in [0.1, 0.15) is 40.5 Å². The molecule has 0 unspecified atom stereocenters. The van der Waals surface area contributed by atoms with Gasteiger partial charge in [-0.05, 0) is 31.2 Å². The molecule has 0 rings (SSSR count). The third-order valence-corrected chi connectivity index (χ3v) is 2.79. The maximum atomic E-state index is 5.49. The molecule has 0 fully saturated rings. The molecule has 4 nitrogen and oxygen atoms in total. The number of nitrogens with one attached hydrogen (secondary N) is 1. The smallest absolute Gasteiger partial charge is 0.0701 e. The molecule has 0 aliphatic heterocycles. The predicted molar refractivity (Wildman–Crippen MR) is 84.2 cm³/mol. The van der Waals surface area contributed by atoms with E-state index in [1.807, 2.05) is 0 Å². The van der Waals surface area contributed by atoms with Gasteiger partial charge in [-0.2, -0.15) is 0 Å². The molecular weight excluding hydrogens is 254 g/mol. The molecule has 0 bridgehead atoms. The second kappa shape index (κ2) is 15.2. The number of rotatable bonds is 15. The zero-order valence-electron chi connectivity index (χ0n) is 14.0. The molecule has 20 heavy (non-hydrogen) atoms. The summed E-state index contributed by atoms with van der Waals surface area (Å²) in [6, 6.07) is 0. The predicted octanol–water partition coefficient (Wildman–Crippen LogP) is 2.72. The fourth-order valence-electron chi connectivity index (χ4n) is 1.67. The zero-order valence-corrected chi connectivity index (χ0v) is 14.0. The van der Waals surface area contributed by atoms with E-state index in [2.05, 4.69) is 33.0 Å². The summed E-state index contributed by atoms with van der Waals surface area (Å²) in [4.78, 5) is 0. The lowest BCUT2D eigenvalue weighted by Crippen LogP contribution is -2.24. The Morgan fingerprint density at radius 2 is 1.25 bits per heavy atom. The van der Waals surface area contributed by atoms with Crippen molar-refractivity contribution in [3.63, 3.8) is 0 Å². The van der Waals surface area contributed by atoms with Crippen molar-refractivity contribution in [2.45, 2.75) is 40.5 Å². The van der Waals surface area contributed by atoms with Crippen molar-refractivity contribution in [2.24, 2.45) is 11.8 Å². The van der Waals surface area contributed by atoms with Crippen molar-refractivity contribution in [3.05, 3.63) is 0 Å². The lowest BCUT2D eigenvalue weighted by atomic mass is 10.1. The molecule has 0 saturated carbocycles. The molecule has 122 valence electrons. The fraction of sp³-hybridized carbons (Fsp3) is 1.00. The van der Waals surface area contributed by atoms with Crippen LogP contribution in [-0.4, -0.2) is 52.7 Å². The van der Waals surface area contributed by atoms with Crippen LogP contribution in [0.2, 0.25) is 0 Å². The van der Waals surface area contributed by atoms with Gasteiger partial charge in [-0.1, -0.05) is 27.7 Å². The van der Waals surface area contributed by atoms with E-state index in [0.29, 0.717) is 32.3 Å². The van der Waals surface area contributed by atoms with E-state index < -0.39 is 0 Å². The summed E-state index contributed by atoms with van der Waals surface area (Å²) in [5, 5.41) is 3.34. The van der Waals surface area contributed by atoms with E-state index >= 15 is 0 Å². The van der Waals surface area contributed by atoms with Crippen molar-refractivity contribution in [2.75, 3.05) is 52.7 Å². The number of ether oxygens (including phenoxy) is 3. The lowest BCUT2D eigenvalue weighted by Gasteiger charge is -2.09. The Balaban J connectivity index is 2.96. The van der Waals surface area contributed by atoms with Crippen LogP contribution in [0.4, 0.5) is 0 Å². The molecule has 0 aromatic heterocycles. The van der Waals surface area contributed by atoms with Crippen LogP contribution in [0.5, 0.6) is 0 Å². The summed E-state index contributed by atoms with van der Waals surface area (Å²) in [7, 11) is 0. The Labute approximate surface area is 125 Å². The molecule has 0 aliphatic carbocycles. The Bertz CT molecular complexity index is 167. The van der Waals surface area contributed by atoms with E-state index in [4.69, 9.17) is 14.2 Å². The second-order valence-corrected chi connectivity index (χ2v) is 5.97. The van der Waals surface area contributed by atoms with Crippen LogP contribution in [0, 0.1) is 11.8 Å². The van der Waals surface area contributed by atoms with Gasteiger partial charge in [0.15, 0.2) is 0 Å². The molecule has 0 aliphatic rings. The highest BCUT2D eigenvalue weighted by Crippen LogP contribution is 2.02. The van der Waals surface area contributed by atoms with Crippen molar-refractivity contribution in [1.82, 2.24) is 5.32 Å². The minimum atomic E-state index is 0.652. The Morgan fingerprint density at radius 1 is 0.700 bits per heavy atom. The molecule has 0 aromatic rings. The normalized spacial score (nSPS) is 11.7. The van der Waals surface area contributed by atoms with E-state index in [1.54, 1.807) is 0 Å². The van der Waals surface area contributed by atoms with Gasteiger partial charge in [0, 0.05) is 13.2 Å². The molecule has 0 radical (unpaired) electrons. The van der Waals surface area contributed by atoms with Gasteiger partial charge in [0.05, 0.1) is 33.0 Å². The average molecular weight is 289 g/mol. The van der Waals surface area contributed by atoms with Gasteiger partial charge in [0.1, 0.15) is 0 Å². The van der Waals surface area contributed by atoms with Gasteiger partial charge >= 0.3 is 0 Å². The Morgan fingerprint density at radius 3 is 1.80 bits per heavy atom. The van der Waals surface area contributed by atoms with Gasteiger partial charge in [-0.25, -0.2) is 0 Å². The zero-order chi connectivity index (χ0) is 15.1. The molecule has 0 atom stereocenters. The summed E-state index contributed by atoms with van der Waals surface area (Å²) in [5.41, 5.74) is 0. The topological polar surface area (TPSA) is 39.7 Å². The summed E-state index contributed by atoms with van der Waals surface area (Å²) in [6.45, 7) is 15.1. The van der Waals surface area contributed by atoms with Crippen LogP contribution in [-0.2, 0) is 14.2 Å². The maximum absolute atomic E-state index is 5.49. The number of hydrogen-bond donors (Lipinski definition) is 1. The fourth-order valence-corrected chi connectivity index (χ4v) is 1.67. The quantitative estimate of drug-likeness (QED) is 0.471. The molecule has 1 N–H and O–H groups in total. The largest absolute Gasteiger partial charge is 0.379 e. The van der Waals surface area contributed by atoms with E-state index in [9.17, 15) is 0 Å². The monoisotopic (exact) mass is 289 g/mol. The molecule has 0 heterocycles. The van der Waals surface area contributed by atoms with Gasteiger partial charge in [0.25, 0.3) is 0 Å². The van der Waals surface area contributed by atoms with Crippen LogP contribution >= 0.6 is 0 Å². The van der Waals surface area contributed by atoms with E-state index in [-0.39, 0.29) is 0 Å². The minimum Gasteiger partial charge on any atom is -0.379 e. The SMILES string of the molecule is CC(C)CCCOCCOCCOCCNCC(C)C. The summed E-state index contributed by atoms with van der Waals surface area (Å²) < 4.78 is 16.4. The van der Waals surface area contributed by atoms with Crippen LogP contribution in [0.25, 0.3) is 0 Å². The molecule has 4 heteroatoms. The molecule has 0 saturated heterocycles. The number of hydrogen-bond acceptors (Lipinski definition) is 4. The van der Waals surface area contributed by atoms with E-state index in [0.717, 1.165) is 38.6 Å². The Kier molecular flexibility index (Phi) is 15.1. The van der Waals surface area contributed by atoms with Gasteiger partial charge in [-0.3, -0.25) is 0 Å².